The van der Waals surface area contributed by atoms with E-state index in [0.717, 1.165) is 25.0 Å². The van der Waals surface area contributed by atoms with Crippen molar-refractivity contribution in [2.24, 2.45) is 0 Å². The molecule has 1 atom stereocenters. The molecule has 1 unspecified atom stereocenters. The lowest BCUT2D eigenvalue weighted by Crippen LogP contribution is -2.32. The molecule has 1 fully saturated rings. The summed E-state index contributed by atoms with van der Waals surface area (Å²) < 4.78 is 42.0. The van der Waals surface area contributed by atoms with E-state index < -0.39 is 20.8 Å². The highest BCUT2D eigenvalue weighted by Crippen LogP contribution is 2.23. The van der Waals surface area contributed by atoms with E-state index in [9.17, 15) is 17.6 Å². The minimum atomic E-state index is -4.04. The normalized spacial score (nSPS) is 18.7. The molecule has 21 heavy (non-hydrogen) atoms. The number of carbonyl (C=O) groups is 1. The number of hydrogen-bond acceptors (Lipinski definition) is 4. The van der Waals surface area contributed by atoms with Crippen LogP contribution in [0.3, 0.4) is 0 Å². The molecule has 116 valence electrons. The summed E-state index contributed by atoms with van der Waals surface area (Å²) in [6.07, 6.45) is 1.67. The van der Waals surface area contributed by atoms with E-state index in [-0.39, 0.29) is 28.7 Å². The van der Waals surface area contributed by atoms with E-state index in [2.05, 4.69) is 5.32 Å². The standard InChI is InChI=1S/C13H15ClFNO4S/c1-8-5-11(15)10(6-12(8)21(14,18)19)13(17)16-7-9-3-2-4-20-9/h5-6,9H,2-4,7H2,1H3,(H,16,17). The fourth-order valence-corrected chi connectivity index (χ4v) is 3.40. The van der Waals surface area contributed by atoms with Crippen LogP contribution in [-0.4, -0.2) is 33.6 Å². The van der Waals surface area contributed by atoms with Crippen molar-refractivity contribution in [3.8, 4) is 0 Å². The molecule has 0 saturated carbocycles. The first kappa shape index (κ1) is 16.2. The summed E-state index contributed by atoms with van der Waals surface area (Å²) in [5.74, 6) is -1.48. The van der Waals surface area contributed by atoms with Gasteiger partial charge >= 0.3 is 0 Å². The minimum absolute atomic E-state index is 0.0845. The zero-order valence-electron chi connectivity index (χ0n) is 11.4. The molecular formula is C13H15ClFNO4S. The van der Waals surface area contributed by atoms with Crippen LogP contribution in [0.2, 0.25) is 0 Å². The summed E-state index contributed by atoms with van der Waals surface area (Å²) in [6, 6.07) is 1.94. The maximum Gasteiger partial charge on any atom is 0.261 e. The highest BCUT2D eigenvalue weighted by Gasteiger charge is 2.22. The van der Waals surface area contributed by atoms with E-state index in [1.165, 1.54) is 6.92 Å². The third-order valence-electron chi connectivity index (χ3n) is 3.29. The van der Waals surface area contributed by atoms with Gasteiger partial charge in [0.05, 0.1) is 16.6 Å². The van der Waals surface area contributed by atoms with Crippen LogP contribution in [0.5, 0.6) is 0 Å². The number of nitrogens with one attached hydrogen (secondary N) is 1. The monoisotopic (exact) mass is 335 g/mol. The van der Waals surface area contributed by atoms with Crippen molar-refractivity contribution in [3.63, 3.8) is 0 Å². The average Bonchev–Trinajstić information content (AvgIpc) is 2.87. The Balaban J connectivity index is 2.20. The van der Waals surface area contributed by atoms with E-state index in [4.69, 9.17) is 15.4 Å². The van der Waals surface area contributed by atoms with Crippen LogP contribution in [0.25, 0.3) is 0 Å². The van der Waals surface area contributed by atoms with Crippen molar-refractivity contribution in [2.45, 2.75) is 30.8 Å². The average molecular weight is 336 g/mol. The van der Waals surface area contributed by atoms with Gasteiger partial charge in [-0.3, -0.25) is 4.79 Å². The molecule has 0 aliphatic carbocycles. The van der Waals surface area contributed by atoms with E-state index >= 15 is 0 Å². The number of benzene rings is 1. The number of aryl methyl sites for hydroxylation is 1. The molecule has 8 heteroatoms. The van der Waals surface area contributed by atoms with Crippen molar-refractivity contribution in [1.82, 2.24) is 5.32 Å². The summed E-state index contributed by atoms with van der Waals surface area (Å²) in [6.45, 7) is 2.32. The van der Waals surface area contributed by atoms with Gasteiger partial charge in [-0.1, -0.05) is 0 Å². The summed E-state index contributed by atoms with van der Waals surface area (Å²) in [4.78, 5) is 11.7. The summed E-state index contributed by atoms with van der Waals surface area (Å²) in [5, 5.41) is 2.54. The van der Waals surface area contributed by atoms with Gasteiger partial charge < -0.3 is 10.1 Å². The van der Waals surface area contributed by atoms with Gasteiger partial charge in [-0.15, -0.1) is 0 Å². The van der Waals surface area contributed by atoms with Crippen LogP contribution < -0.4 is 5.32 Å². The molecule has 1 N–H and O–H groups in total. The number of halogens is 2. The van der Waals surface area contributed by atoms with Crippen LogP contribution in [-0.2, 0) is 13.8 Å². The third-order valence-corrected chi connectivity index (χ3v) is 4.75. The largest absolute Gasteiger partial charge is 0.376 e. The second-order valence-electron chi connectivity index (χ2n) is 4.88. The van der Waals surface area contributed by atoms with Gasteiger partial charge in [-0.25, -0.2) is 12.8 Å². The molecule has 1 aromatic carbocycles. The number of amides is 1. The van der Waals surface area contributed by atoms with Gasteiger partial charge in [0.2, 0.25) is 0 Å². The van der Waals surface area contributed by atoms with Crippen LogP contribution in [0, 0.1) is 12.7 Å². The second-order valence-corrected chi connectivity index (χ2v) is 7.41. The number of rotatable bonds is 4. The Morgan fingerprint density at radius 2 is 2.24 bits per heavy atom. The first-order valence-electron chi connectivity index (χ1n) is 6.43. The van der Waals surface area contributed by atoms with Crippen molar-refractivity contribution >= 4 is 25.6 Å². The van der Waals surface area contributed by atoms with Gasteiger partial charge in [-0.05, 0) is 37.5 Å². The number of carbonyl (C=O) groups excluding carboxylic acids is 1. The smallest absolute Gasteiger partial charge is 0.261 e. The lowest BCUT2D eigenvalue weighted by atomic mass is 10.1. The Kier molecular flexibility index (Phi) is 4.85. The van der Waals surface area contributed by atoms with Crippen LogP contribution in [0.15, 0.2) is 17.0 Å². The van der Waals surface area contributed by atoms with Crippen LogP contribution >= 0.6 is 10.7 Å². The molecule has 1 aliphatic heterocycles. The molecule has 0 radical (unpaired) electrons. The van der Waals surface area contributed by atoms with Gasteiger partial charge in [0.25, 0.3) is 15.0 Å². The van der Waals surface area contributed by atoms with Gasteiger partial charge in [0.15, 0.2) is 0 Å². The zero-order chi connectivity index (χ0) is 15.6. The van der Waals surface area contributed by atoms with Gasteiger partial charge in [0, 0.05) is 23.8 Å². The zero-order valence-corrected chi connectivity index (χ0v) is 12.9. The molecular weight excluding hydrogens is 321 g/mol. The van der Waals surface area contributed by atoms with Crippen LogP contribution in [0.4, 0.5) is 4.39 Å². The molecule has 1 heterocycles. The van der Waals surface area contributed by atoms with Crippen molar-refractivity contribution < 1.29 is 22.3 Å². The van der Waals surface area contributed by atoms with Gasteiger partial charge in [-0.2, -0.15) is 0 Å². The Morgan fingerprint density at radius 1 is 1.52 bits per heavy atom. The van der Waals surface area contributed by atoms with E-state index in [0.29, 0.717) is 6.61 Å². The lowest BCUT2D eigenvalue weighted by molar-refractivity contribution is 0.0854. The highest BCUT2D eigenvalue weighted by molar-refractivity contribution is 8.13. The Hall–Kier alpha value is -1.18. The SMILES string of the molecule is Cc1cc(F)c(C(=O)NCC2CCCO2)cc1S(=O)(=O)Cl. The Labute approximate surface area is 126 Å². The maximum atomic E-state index is 13.8. The van der Waals surface area contributed by atoms with E-state index in [1.54, 1.807) is 0 Å². The summed E-state index contributed by atoms with van der Waals surface area (Å²) in [7, 11) is 1.24. The Bertz CT molecular complexity index is 656. The first-order valence-corrected chi connectivity index (χ1v) is 8.74. The molecule has 1 aliphatic rings. The van der Waals surface area contributed by atoms with Crippen molar-refractivity contribution in [1.29, 1.82) is 0 Å². The van der Waals surface area contributed by atoms with Crippen molar-refractivity contribution in [3.05, 3.63) is 29.1 Å². The molecule has 1 saturated heterocycles. The molecule has 0 bridgehead atoms. The van der Waals surface area contributed by atoms with E-state index in [1.807, 2.05) is 0 Å². The quantitative estimate of drug-likeness (QED) is 0.854. The van der Waals surface area contributed by atoms with Crippen LogP contribution in [0.1, 0.15) is 28.8 Å². The predicted molar refractivity (Wildman–Crippen MR) is 75.5 cm³/mol. The van der Waals surface area contributed by atoms with Gasteiger partial charge in [0.1, 0.15) is 5.82 Å². The maximum absolute atomic E-state index is 13.8. The summed E-state index contributed by atoms with van der Waals surface area (Å²) >= 11 is 0. The third kappa shape index (κ3) is 3.93. The molecule has 0 aromatic heterocycles. The first-order chi connectivity index (χ1) is 9.79. The second kappa shape index (κ2) is 6.29. The molecule has 5 nitrogen and oxygen atoms in total. The number of ether oxygens (including phenoxy) is 1. The topological polar surface area (TPSA) is 72.5 Å². The molecule has 1 amide bonds. The molecule has 2 rings (SSSR count). The number of hydrogen-bond donors (Lipinski definition) is 1. The molecule has 1 aromatic rings. The predicted octanol–water partition coefficient (Wildman–Crippen LogP) is 1.97. The Morgan fingerprint density at radius 3 is 2.81 bits per heavy atom. The fourth-order valence-electron chi connectivity index (χ4n) is 2.20. The minimum Gasteiger partial charge on any atom is -0.376 e. The lowest BCUT2D eigenvalue weighted by Gasteiger charge is -2.12. The summed E-state index contributed by atoms with van der Waals surface area (Å²) in [5.41, 5.74) is -0.198. The molecule has 0 spiro atoms. The van der Waals surface area contributed by atoms with Crippen molar-refractivity contribution in [2.75, 3.05) is 13.2 Å². The fraction of sp³-hybridized carbons (Fsp3) is 0.462. The highest BCUT2D eigenvalue weighted by atomic mass is 35.7.